The van der Waals surface area contributed by atoms with Gasteiger partial charge in [-0.2, -0.15) is 13.2 Å². The minimum Gasteiger partial charge on any atom is -0.378 e. The smallest absolute Gasteiger partial charge is 0.378 e. The molecule has 1 fully saturated rings. The summed E-state index contributed by atoms with van der Waals surface area (Å²) in [5.74, 6) is 0. The number of fused-ring (bicyclic) bond motifs is 1. The zero-order chi connectivity index (χ0) is 19.9. The third-order valence-electron chi connectivity index (χ3n) is 5.39. The maximum Gasteiger partial charge on any atom is 0.416 e. The van der Waals surface area contributed by atoms with Crippen LogP contribution in [0.1, 0.15) is 28.1 Å². The van der Waals surface area contributed by atoms with Gasteiger partial charge in [0.15, 0.2) is 0 Å². The van der Waals surface area contributed by atoms with Crippen molar-refractivity contribution in [1.29, 1.82) is 0 Å². The summed E-state index contributed by atoms with van der Waals surface area (Å²) in [5.41, 5.74) is 3.96. The highest BCUT2D eigenvalue weighted by Gasteiger charge is 2.32. The molecule has 0 saturated carbocycles. The van der Waals surface area contributed by atoms with Crippen LogP contribution in [-0.2, 0) is 17.3 Å². The third-order valence-corrected chi connectivity index (χ3v) is 5.39. The van der Waals surface area contributed by atoms with E-state index < -0.39 is 11.7 Å². The van der Waals surface area contributed by atoms with E-state index in [1.807, 2.05) is 29.7 Å². The summed E-state index contributed by atoms with van der Waals surface area (Å²) in [6.07, 6.45) is -1.92. The largest absolute Gasteiger partial charge is 0.416 e. The molecule has 0 radical (unpaired) electrons. The van der Waals surface area contributed by atoms with Gasteiger partial charge < -0.3 is 14.0 Å². The lowest BCUT2D eigenvalue weighted by Crippen LogP contribution is -2.36. The van der Waals surface area contributed by atoms with Crippen LogP contribution in [0.3, 0.4) is 0 Å². The quantitative estimate of drug-likeness (QED) is 0.665. The Kier molecular flexibility index (Phi) is 4.79. The molecule has 0 aliphatic carbocycles. The number of imidazole rings is 1. The van der Waals surface area contributed by atoms with E-state index in [1.54, 1.807) is 6.07 Å². The second kappa shape index (κ2) is 7.13. The molecule has 7 heteroatoms. The van der Waals surface area contributed by atoms with Crippen molar-refractivity contribution in [2.24, 2.45) is 0 Å². The lowest BCUT2D eigenvalue weighted by Gasteiger charge is -2.28. The fourth-order valence-electron chi connectivity index (χ4n) is 3.78. The number of hydrogen-bond acceptors (Lipinski definition) is 3. The average Bonchev–Trinajstić information content (AvgIpc) is 2.98. The maximum atomic E-state index is 13.3. The first-order valence-electron chi connectivity index (χ1n) is 9.30. The van der Waals surface area contributed by atoms with Crippen molar-refractivity contribution in [2.75, 3.05) is 31.2 Å². The highest BCUT2D eigenvalue weighted by molar-refractivity contribution is 5.55. The molecule has 4 rings (SSSR count). The van der Waals surface area contributed by atoms with Crippen LogP contribution in [0.25, 0.3) is 5.65 Å². The SMILES string of the molecule is Cc1nc2ccc(N3CCOCC3)cn2c1Cc1cccc(C(F)(F)F)c1C. The number of anilines is 1. The van der Waals surface area contributed by atoms with Crippen LogP contribution < -0.4 is 4.90 Å². The molecule has 0 amide bonds. The van der Waals surface area contributed by atoms with Crippen LogP contribution >= 0.6 is 0 Å². The van der Waals surface area contributed by atoms with Crippen molar-refractivity contribution in [3.63, 3.8) is 0 Å². The average molecular weight is 389 g/mol. The normalized spacial score (nSPS) is 15.4. The number of halogens is 3. The minimum atomic E-state index is -4.35. The van der Waals surface area contributed by atoms with E-state index in [0.29, 0.717) is 25.2 Å². The summed E-state index contributed by atoms with van der Waals surface area (Å²) in [6.45, 7) is 6.46. The second-order valence-electron chi connectivity index (χ2n) is 7.12. The molecule has 0 spiro atoms. The molecule has 1 aromatic carbocycles. The fraction of sp³-hybridized carbons (Fsp3) is 0.381. The molecule has 148 valence electrons. The molecular formula is C21H22F3N3O. The first kappa shape index (κ1) is 18.8. The van der Waals surface area contributed by atoms with E-state index in [2.05, 4.69) is 9.88 Å². The summed E-state index contributed by atoms with van der Waals surface area (Å²) in [7, 11) is 0. The van der Waals surface area contributed by atoms with E-state index in [1.165, 1.54) is 13.0 Å². The topological polar surface area (TPSA) is 29.8 Å². The summed E-state index contributed by atoms with van der Waals surface area (Å²) < 4.78 is 47.2. The van der Waals surface area contributed by atoms with E-state index >= 15 is 0 Å². The maximum absolute atomic E-state index is 13.3. The number of nitrogens with zero attached hydrogens (tertiary/aromatic N) is 3. The fourth-order valence-corrected chi connectivity index (χ4v) is 3.78. The van der Waals surface area contributed by atoms with Crippen LogP contribution in [0.15, 0.2) is 36.5 Å². The number of benzene rings is 1. The number of aryl methyl sites for hydroxylation is 1. The highest BCUT2D eigenvalue weighted by atomic mass is 19.4. The minimum absolute atomic E-state index is 0.272. The Labute approximate surface area is 161 Å². The number of aromatic nitrogens is 2. The van der Waals surface area contributed by atoms with E-state index in [9.17, 15) is 13.2 Å². The van der Waals surface area contributed by atoms with E-state index in [-0.39, 0.29) is 5.56 Å². The first-order valence-corrected chi connectivity index (χ1v) is 9.30. The molecular weight excluding hydrogens is 367 g/mol. The molecule has 1 aliphatic rings. The Morgan fingerprint density at radius 1 is 1.07 bits per heavy atom. The van der Waals surface area contributed by atoms with Gasteiger partial charge in [-0.1, -0.05) is 12.1 Å². The van der Waals surface area contributed by atoms with Crippen molar-refractivity contribution in [2.45, 2.75) is 26.4 Å². The first-order chi connectivity index (χ1) is 13.3. The molecule has 28 heavy (non-hydrogen) atoms. The van der Waals surface area contributed by atoms with Crippen LogP contribution in [0.4, 0.5) is 18.9 Å². The van der Waals surface area contributed by atoms with Crippen LogP contribution in [0.5, 0.6) is 0 Å². The molecule has 3 aromatic rings. The summed E-state index contributed by atoms with van der Waals surface area (Å²) in [5, 5.41) is 0. The molecule has 1 saturated heterocycles. The van der Waals surface area contributed by atoms with Crippen LogP contribution in [-0.4, -0.2) is 35.7 Å². The molecule has 0 N–H and O–H groups in total. The van der Waals surface area contributed by atoms with Crippen molar-refractivity contribution < 1.29 is 17.9 Å². The summed E-state index contributed by atoms with van der Waals surface area (Å²) in [6, 6.07) is 8.36. The Morgan fingerprint density at radius 2 is 1.82 bits per heavy atom. The van der Waals surface area contributed by atoms with Gasteiger partial charge in [-0.25, -0.2) is 4.98 Å². The van der Waals surface area contributed by atoms with Gasteiger partial charge in [0.25, 0.3) is 0 Å². The number of alkyl halides is 3. The number of ether oxygens (including phenoxy) is 1. The molecule has 0 unspecified atom stereocenters. The Morgan fingerprint density at radius 3 is 2.54 bits per heavy atom. The van der Waals surface area contributed by atoms with Gasteiger partial charge in [-0.15, -0.1) is 0 Å². The Balaban J connectivity index is 1.74. The Bertz CT molecular complexity index is 1000. The molecule has 4 nitrogen and oxygen atoms in total. The van der Waals surface area contributed by atoms with E-state index in [4.69, 9.17) is 4.74 Å². The van der Waals surface area contributed by atoms with Gasteiger partial charge in [0.05, 0.1) is 30.2 Å². The van der Waals surface area contributed by atoms with Gasteiger partial charge >= 0.3 is 6.18 Å². The second-order valence-corrected chi connectivity index (χ2v) is 7.12. The van der Waals surface area contributed by atoms with Gasteiger partial charge in [-0.3, -0.25) is 0 Å². The van der Waals surface area contributed by atoms with Gasteiger partial charge in [-0.05, 0) is 43.2 Å². The number of rotatable bonds is 3. The molecule has 0 bridgehead atoms. The molecule has 1 aliphatic heterocycles. The number of hydrogen-bond donors (Lipinski definition) is 0. The number of pyridine rings is 1. The van der Waals surface area contributed by atoms with Gasteiger partial charge in [0.2, 0.25) is 0 Å². The Hall–Kier alpha value is -2.54. The predicted molar refractivity (Wildman–Crippen MR) is 102 cm³/mol. The van der Waals surface area contributed by atoms with Gasteiger partial charge in [0, 0.05) is 31.4 Å². The highest BCUT2D eigenvalue weighted by Crippen LogP contribution is 2.34. The summed E-state index contributed by atoms with van der Waals surface area (Å²) >= 11 is 0. The zero-order valence-corrected chi connectivity index (χ0v) is 15.9. The van der Waals surface area contributed by atoms with Crippen molar-refractivity contribution in [1.82, 2.24) is 9.38 Å². The monoisotopic (exact) mass is 389 g/mol. The van der Waals surface area contributed by atoms with Crippen LogP contribution in [0.2, 0.25) is 0 Å². The van der Waals surface area contributed by atoms with Crippen LogP contribution in [0, 0.1) is 13.8 Å². The van der Waals surface area contributed by atoms with Crippen molar-refractivity contribution in [3.8, 4) is 0 Å². The molecule has 0 atom stereocenters. The predicted octanol–water partition coefficient (Wildman–Crippen LogP) is 4.40. The molecule has 3 heterocycles. The van der Waals surface area contributed by atoms with Crippen molar-refractivity contribution in [3.05, 3.63) is 64.6 Å². The standard InChI is InChI=1S/C21H22F3N3O/c1-14-16(4-3-5-18(14)21(22,23)24)12-19-15(2)25-20-7-6-17(13-27(19)20)26-8-10-28-11-9-26/h3-7,13H,8-12H2,1-2H3. The molecule has 2 aromatic heterocycles. The lowest BCUT2D eigenvalue weighted by atomic mass is 9.98. The zero-order valence-electron chi connectivity index (χ0n) is 15.9. The van der Waals surface area contributed by atoms with Gasteiger partial charge in [0.1, 0.15) is 5.65 Å². The van der Waals surface area contributed by atoms with Crippen molar-refractivity contribution >= 4 is 11.3 Å². The summed E-state index contributed by atoms with van der Waals surface area (Å²) in [4.78, 5) is 6.84. The van der Waals surface area contributed by atoms with E-state index in [0.717, 1.165) is 41.9 Å². The lowest BCUT2D eigenvalue weighted by molar-refractivity contribution is -0.138. The number of morpholine rings is 1. The third kappa shape index (κ3) is 3.46.